The highest BCUT2D eigenvalue weighted by atomic mass is 16.5. The molecule has 0 atom stereocenters. The van der Waals surface area contributed by atoms with E-state index >= 15 is 0 Å². The number of hydrogen-bond donors (Lipinski definition) is 1. The van der Waals surface area contributed by atoms with E-state index in [9.17, 15) is 14.4 Å². The Balaban J connectivity index is 1.51. The average molecular weight is 462 g/mol. The van der Waals surface area contributed by atoms with Gasteiger partial charge in [-0.25, -0.2) is 19.3 Å². The molecule has 0 spiro atoms. The third kappa shape index (κ3) is 4.65. The lowest BCUT2D eigenvalue weighted by Crippen LogP contribution is -2.21. The van der Waals surface area contributed by atoms with E-state index < -0.39 is 24.5 Å². The van der Waals surface area contributed by atoms with Crippen LogP contribution < -0.4 is 5.32 Å². The second-order valence-electron chi connectivity index (χ2n) is 7.65. The molecular weight excluding hydrogens is 440 g/mol. The summed E-state index contributed by atoms with van der Waals surface area (Å²) in [7, 11) is 1.29. The van der Waals surface area contributed by atoms with E-state index in [1.54, 1.807) is 41.2 Å². The van der Waals surface area contributed by atoms with Gasteiger partial charge in [-0.15, -0.1) is 0 Å². The fourth-order valence-corrected chi connectivity index (χ4v) is 3.33. The van der Waals surface area contributed by atoms with Crippen molar-refractivity contribution in [3.63, 3.8) is 0 Å². The Kier molecular flexibility index (Phi) is 6.39. The lowest BCUT2D eigenvalue weighted by Gasteiger charge is -2.10. The largest absolute Gasteiger partial charge is 0.465 e. The number of furan rings is 1. The Bertz CT molecular complexity index is 1340. The Morgan fingerprint density at radius 3 is 2.53 bits per heavy atom. The number of aromatic nitrogens is 3. The zero-order chi connectivity index (χ0) is 24.2. The van der Waals surface area contributed by atoms with E-state index in [-0.39, 0.29) is 11.6 Å². The van der Waals surface area contributed by atoms with Crippen molar-refractivity contribution >= 4 is 34.6 Å². The first-order valence-corrected chi connectivity index (χ1v) is 10.4. The summed E-state index contributed by atoms with van der Waals surface area (Å²) in [6.07, 6.45) is 3.06. The van der Waals surface area contributed by atoms with Crippen molar-refractivity contribution in [2.24, 2.45) is 0 Å². The summed E-state index contributed by atoms with van der Waals surface area (Å²) in [5, 5.41) is 7.46. The molecule has 3 heterocycles. The first-order chi connectivity index (χ1) is 16.4. The molecule has 0 radical (unpaired) electrons. The predicted molar refractivity (Wildman–Crippen MR) is 122 cm³/mol. The number of fused-ring (bicyclic) bond motifs is 1. The molecule has 174 valence electrons. The number of esters is 2. The van der Waals surface area contributed by atoms with Gasteiger partial charge in [-0.05, 0) is 56.3 Å². The number of ether oxygens (including phenoxy) is 2. The van der Waals surface area contributed by atoms with Crippen LogP contribution in [-0.4, -0.2) is 46.3 Å². The molecule has 0 fully saturated rings. The number of anilines is 1. The van der Waals surface area contributed by atoms with Gasteiger partial charge in [-0.2, -0.15) is 5.10 Å². The van der Waals surface area contributed by atoms with Gasteiger partial charge in [0.05, 0.1) is 36.1 Å². The molecule has 0 saturated carbocycles. The van der Waals surface area contributed by atoms with Crippen LogP contribution >= 0.6 is 0 Å². The molecule has 10 nitrogen and oxygen atoms in total. The fraction of sp³-hybridized carbons (Fsp3) is 0.208. The third-order valence-electron chi connectivity index (χ3n) is 4.97. The van der Waals surface area contributed by atoms with E-state index in [2.05, 4.69) is 20.1 Å². The van der Waals surface area contributed by atoms with Gasteiger partial charge in [0, 0.05) is 11.7 Å². The summed E-state index contributed by atoms with van der Waals surface area (Å²) in [4.78, 5) is 41.3. The van der Waals surface area contributed by atoms with Crippen LogP contribution in [0.5, 0.6) is 0 Å². The number of carbonyl (C=O) groups excluding carboxylic acids is 3. The summed E-state index contributed by atoms with van der Waals surface area (Å²) in [6.45, 7) is 3.40. The van der Waals surface area contributed by atoms with Crippen LogP contribution in [0.4, 0.5) is 5.69 Å². The third-order valence-corrected chi connectivity index (χ3v) is 4.97. The lowest BCUT2D eigenvalue weighted by molar-refractivity contribution is -0.119. The zero-order valence-electron chi connectivity index (χ0n) is 18.8. The van der Waals surface area contributed by atoms with Crippen molar-refractivity contribution in [1.29, 1.82) is 0 Å². The van der Waals surface area contributed by atoms with Crippen LogP contribution in [-0.2, 0) is 14.3 Å². The van der Waals surface area contributed by atoms with Crippen molar-refractivity contribution in [3.8, 4) is 11.5 Å². The minimum absolute atomic E-state index is 0.0112. The smallest absolute Gasteiger partial charge is 0.339 e. The van der Waals surface area contributed by atoms with Crippen molar-refractivity contribution < 1.29 is 28.3 Å². The first-order valence-electron chi connectivity index (χ1n) is 10.4. The molecule has 4 rings (SSSR count). The molecule has 0 saturated heterocycles. The second-order valence-corrected chi connectivity index (χ2v) is 7.65. The van der Waals surface area contributed by atoms with Crippen molar-refractivity contribution in [1.82, 2.24) is 14.8 Å². The molecule has 3 aromatic heterocycles. The van der Waals surface area contributed by atoms with Crippen LogP contribution in [0.15, 0.2) is 59.3 Å². The van der Waals surface area contributed by atoms with E-state index in [4.69, 9.17) is 9.15 Å². The molecule has 1 N–H and O–H groups in total. The molecule has 0 aliphatic heterocycles. The maximum atomic E-state index is 12.9. The summed E-state index contributed by atoms with van der Waals surface area (Å²) in [5.74, 6) is -1.22. The van der Waals surface area contributed by atoms with Crippen molar-refractivity contribution in [2.45, 2.75) is 19.9 Å². The van der Waals surface area contributed by atoms with Crippen molar-refractivity contribution in [3.05, 3.63) is 66.1 Å². The lowest BCUT2D eigenvalue weighted by atomic mass is 10.1. The molecule has 34 heavy (non-hydrogen) atoms. The van der Waals surface area contributed by atoms with Crippen LogP contribution in [0.2, 0.25) is 0 Å². The number of rotatable bonds is 7. The van der Waals surface area contributed by atoms with Gasteiger partial charge >= 0.3 is 11.9 Å². The maximum Gasteiger partial charge on any atom is 0.339 e. The van der Waals surface area contributed by atoms with Gasteiger partial charge in [-0.1, -0.05) is 0 Å². The SMILES string of the molecule is COC(=O)c1ccc(NC(=O)COC(=O)c2cc(-c3ccco3)nc3c2cnn3C(C)C)cc1. The van der Waals surface area contributed by atoms with E-state index in [0.717, 1.165) is 0 Å². The van der Waals surface area contributed by atoms with Gasteiger partial charge < -0.3 is 19.2 Å². The van der Waals surface area contributed by atoms with Gasteiger partial charge in [0.15, 0.2) is 18.0 Å². The normalized spacial score (nSPS) is 10.9. The van der Waals surface area contributed by atoms with Gasteiger partial charge in [0.2, 0.25) is 0 Å². The van der Waals surface area contributed by atoms with Gasteiger partial charge in [-0.3, -0.25) is 4.79 Å². The molecule has 0 bridgehead atoms. The highest BCUT2D eigenvalue weighted by molar-refractivity contribution is 6.04. The average Bonchev–Trinajstić information content (AvgIpc) is 3.52. The number of hydrogen-bond acceptors (Lipinski definition) is 8. The van der Waals surface area contributed by atoms with E-state index in [1.165, 1.54) is 25.5 Å². The van der Waals surface area contributed by atoms with E-state index in [0.29, 0.717) is 33.7 Å². The summed E-state index contributed by atoms with van der Waals surface area (Å²) < 4.78 is 17.0. The summed E-state index contributed by atoms with van der Waals surface area (Å²) in [6, 6.07) is 11.2. The predicted octanol–water partition coefficient (Wildman–Crippen LogP) is 3.85. The summed E-state index contributed by atoms with van der Waals surface area (Å²) in [5.41, 5.74) is 1.97. The number of amides is 1. The Morgan fingerprint density at radius 2 is 1.88 bits per heavy atom. The number of carbonyl (C=O) groups is 3. The van der Waals surface area contributed by atoms with Crippen LogP contribution in [0.3, 0.4) is 0 Å². The number of benzene rings is 1. The number of pyridine rings is 1. The number of nitrogens with one attached hydrogen (secondary N) is 1. The quantitative estimate of drug-likeness (QED) is 0.411. The van der Waals surface area contributed by atoms with Crippen molar-refractivity contribution in [2.75, 3.05) is 19.0 Å². The molecule has 1 amide bonds. The van der Waals surface area contributed by atoms with E-state index in [1.807, 2.05) is 13.8 Å². The van der Waals surface area contributed by atoms with Crippen LogP contribution in [0, 0.1) is 0 Å². The molecule has 0 unspecified atom stereocenters. The molecular formula is C24H22N4O6. The molecule has 0 aliphatic carbocycles. The van der Waals surface area contributed by atoms with Gasteiger partial charge in [0.25, 0.3) is 5.91 Å². The first kappa shape index (κ1) is 22.7. The second kappa shape index (κ2) is 9.57. The molecule has 10 heteroatoms. The molecule has 1 aromatic carbocycles. The topological polar surface area (TPSA) is 126 Å². The maximum absolute atomic E-state index is 12.9. The number of nitrogens with zero attached hydrogens (tertiary/aromatic N) is 3. The monoisotopic (exact) mass is 462 g/mol. The molecule has 4 aromatic rings. The Labute approximate surface area is 194 Å². The summed E-state index contributed by atoms with van der Waals surface area (Å²) >= 11 is 0. The highest BCUT2D eigenvalue weighted by Crippen LogP contribution is 2.27. The van der Waals surface area contributed by atoms with Gasteiger partial charge in [0.1, 0.15) is 5.69 Å². The Morgan fingerprint density at radius 1 is 1.12 bits per heavy atom. The minimum Gasteiger partial charge on any atom is -0.465 e. The fourth-order valence-electron chi connectivity index (χ4n) is 3.33. The van der Waals surface area contributed by atoms with Crippen LogP contribution in [0.1, 0.15) is 40.6 Å². The number of methoxy groups -OCH3 is 1. The standard InChI is InChI=1S/C24H22N4O6/c1-14(2)28-22-18(12-25-28)17(11-19(27-22)20-5-4-10-33-20)24(31)34-13-21(29)26-16-8-6-15(7-9-16)23(30)32-3/h4-12,14H,13H2,1-3H3,(H,26,29). The zero-order valence-corrected chi connectivity index (χ0v) is 18.8. The Hall–Kier alpha value is -4.47. The minimum atomic E-state index is -0.695. The molecule has 0 aliphatic rings. The van der Waals surface area contributed by atoms with Crippen LogP contribution in [0.25, 0.3) is 22.5 Å². The highest BCUT2D eigenvalue weighted by Gasteiger charge is 2.21.